The van der Waals surface area contributed by atoms with Crippen LogP contribution in [-0.2, 0) is 12.0 Å². The van der Waals surface area contributed by atoms with E-state index in [0.717, 1.165) is 36.7 Å². The van der Waals surface area contributed by atoms with Crippen LogP contribution in [0, 0.1) is 12.8 Å². The number of hydrogen-bond donors (Lipinski definition) is 1. The van der Waals surface area contributed by atoms with Crippen LogP contribution in [0.25, 0.3) is 0 Å². The van der Waals surface area contributed by atoms with Crippen LogP contribution in [0.15, 0.2) is 24.3 Å². The largest absolute Gasteiger partial charge is 0.497 e. The number of hydrogen-bond acceptors (Lipinski definition) is 3. The van der Waals surface area contributed by atoms with Gasteiger partial charge in [0.2, 0.25) is 0 Å². The van der Waals surface area contributed by atoms with Crippen molar-refractivity contribution in [3.8, 4) is 5.75 Å². The first-order valence-corrected chi connectivity index (χ1v) is 10.3. The summed E-state index contributed by atoms with van der Waals surface area (Å²) in [6.45, 7) is 5.67. The molecule has 3 aliphatic rings. The number of carbonyl (C=O) groups excluding carboxylic acids is 1. The van der Waals surface area contributed by atoms with Crippen LogP contribution in [0.4, 0.5) is 10.6 Å². The Morgan fingerprint density at radius 3 is 2.79 bits per heavy atom. The predicted molar refractivity (Wildman–Crippen MR) is 108 cm³/mol. The van der Waals surface area contributed by atoms with Crippen molar-refractivity contribution < 1.29 is 9.53 Å². The number of carbonyl (C=O) groups is 1. The van der Waals surface area contributed by atoms with Crippen LogP contribution in [-0.4, -0.2) is 34.4 Å². The van der Waals surface area contributed by atoms with Gasteiger partial charge in [-0.05, 0) is 68.7 Å². The molecule has 148 valence electrons. The summed E-state index contributed by atoms with van der Waals surface area (Å²) in [4.78, 5) is 14.9. The lowest BCUT2D eigenvalue weighted by molar-refractivity contribution is 0.197. The molecule has 2 heterocycles. The van der Waals surface area contributed by atoms with Gasteiger partial charge in [0.15, 0.2) is 5.82 Å². The molecule has 6 nitrogen and oxygen atoms in total. The number of benzene rings is 1. The Morgan fingerprint density at radius 2 is 2.11 bits per heavy atom. The van der Waals surface area contributed by atoms with Gasteiger partial charge in [0, 0.05) is 30.3 Å². The number of ether oxygens (including phenoxy) is 1. The van der Waals surface area contributed by atoms with Crippen LogP contribution >= 0.6 is 0 Å². The third-order valence-corrected chi connectivity index (χ3v) is 6.73. The molecule has 1 aromatic carbocycles. The maximum Gasteiger partial charge on any atom is 0.323 e. The fraction of sp³-hybridized carbons (Fsp3) is 0.545. The minimum Gasteiger partial charge on any atom is -0.497 e. The molecule has 0 saturated heterocycles. The van der Waals surface area contributed by atoms with Gasteiger partial charge < -0.3 is 9.64 Å². The van der Waals surface area contributed by atoms with Gasteiger partial charge in [0.25, 0.3) is 0 Å². The Balaban J connectivity index is 1.33. The second kappa shape index (κ2) is 6.26. The molecule has 0 bridgehead atoms. The number of nitrogens with one attached hydrogen (secondary N) is 1. The van der Waals surface area contributed by atoms with E-state index in [9.17, 15) is 4.79 Å². The Kier molecular flexibility index (Phi) is 3.93. The summed E-state index contributed by atoms with van der Waals surface area (Å²) >= 11 is 0. The SMILES string of the molecule is COc1ccc2c(c1)C1(CC1)CN(C(=O)Nc1cc(C)n(C(C)C3CC3)n1)C2. The maximum absolute atomic E-state index is 13.0. The zero-order chi connectivity index (χ0) is 19.5. The molecule has 1 unspecified atom stereocenters. The summed E-state index contributed by atoms with van der Waals surface area (Å²) in [7, 11) is 1.70. The van der Waals surface area contributed by atoms with Gasteiger partial charge in [0.1, 0.15) is 5.75 Å². The summed E-state index contributed by atoms with van der Waals surface area (Å²) in [5, 5.41) is 7.70. The van der Waals surface area contributed by atoms with E-state index in [1.165, 1.54) is 24.0 Å². The van der Waals surface area contributed by atoms with Gasteiger partial charge >= 0.3 is 6.03 Å². The summed E-state index contributed by atoms with van der Waals surface area (Å²) in [6, 6.07) is 8.56. The van der Waals surface area contributed by atoms with Crippen molar-refractivity contribution in [1.29, 1.82) is 0 Å². The first-order chi connectivity index (χ1) is 13.5. The topological polar surface area (TPSA) is 59.4 Å². The van der Waals surface area contributed by atoms with Gasteiger partial charge in [0.05, 0.1) is 13.2 Å². The zero-order valence-corrected chi connectivity index (χ0v) is 16.9. The van der Waals surface area contributed by atoms with E-state index >= 15 is 0 Å². The molecule has 1 aliphatic heterocycles. The van der Waals surface area contributed by atoms with E-state index in [1.807, 2.05) is 17.0 Å². The van der Waals surface area contributed by atoms with Crippen molar-refractivity contribution in [2.45, 2.75) is 57.5 Å². The third kappa shape index (κ3) is 2.95. The molecule has 1 N–H and O–H groups in total. The minimum atomic E-state index is -0.0588. The molecule has 2 fully saturated rings. The van der Waals surface area contributed by atoms with Gasteiger partial charge in [-0.25, -0.2) is 4.79 Å². The summed E-state index contributed by atoms with van der Waals surface area (Å²) in [5.74, 6) is 2.28. The van der Waals surface area contributed by atoms with E-state index in [-0.39, 0.29) is 11.4 Å². The van der Waals surface area contributed by atoms with Crippen molar-refractivity contribution in [1.82, 2.24) is 14.7 Å². The van der Waals surface area contributed by atoms with Crippen molar-refractivity contribution in [3.63, 3.8) is 0 Å². The molecule has 1 aromatic heterocycles. The van der Waals surface area contributed by atoms with Crippen molar-refractivity contribution in [2.24, 2.45) is 5.92 Å². The molecule has 6 heteroatoms. The number of methoxy groups -OCH3 is 1. The smallest absolute Gasteiger partial charge is 0.323 e. The second-order valence-corrected chi connectivity index (χ2v) is 8.78. The van der Waals surface area contributed by atoms with E-state index in [1.54, 1.807) is 7.11 Å². The van der Waals surface area contributed by atoms with E-state index in [2.05, 4.69) is 41.1 Å². The monoisotopic (exact) mass is 380 g/mol. The number of urea groups is 1. The second-order valence-electron chi connectivity index (χ2n) is 8.78. The molecule has 2 saturated carbocycles. The van der Waals surface area contributed by atoms with E-state index in [0.29, 0.717) is 18.4 Å². The van der Waals surface area contributed by atoms with Crippen molar-refractivity contribution in [3.05, 3.63) is 41.1 Å². The van der Waals surface area contributed by atoms with Crippen LogP contribution in [0.3, 0.4) is 0 Å². The fourth-order valence-electron chi connectivity index (χ4n) is 4.68. The zero-order valence-electron chi connectivity index (χ0n) is 16.9. The average molecular weight is 380 g/mol. The average Bonchev–Trinajstić information content (AvgIpc) is 3.61. The molecule has 28 heavy (non-hydrogen) atoms. The molecule has 1 spiro atoms. The van der Waals surface area contributed by atoms with Crippen LogP contribution in [0.2, 0.25) is 0 Å². The van der Waals surface area contributed by atoms with Gasteiger partial charge in [-0.3, -0.25) is 10.00 Å². The summed E-state index contributed by atoms with van der Waals surface area (Å²) in [6.07, 6.45) is 4.82. The third-order valence-electron chi connectivity index (χ3n) is 6.73. The first-order valence-electron chi connectivity index (χ1n) is 10.3. The lowest BCUT2D eigenvalue weighted by atomic mass is 9.87. The number of nitrogens with zero attached hydrogens (tertiary/aromatic N) is 3. The molecular formula is C22H28N4O2. The van der Waals surface area contributed by atoms with E-state index in [4.69, 9.17) is 4.74 Å². The first kappa shape index (κ1) is 17.6. The number of anilines is 1. The van der Waals surface area contributed by atoms with Gasteiger partial charge in [-0.1, -0.05) is 6.07 Å². The molecular weight excluding hydrogens is 352 g/mol. The predicted octanol–water partition coefficient (Wildman–Crippen LogP) is 4.25. The Morgan fingerprint density at radius 1 is 1.32 bits per heavy atom. The number of aromatic nitrogens is 2. The number of aryl methyl sites for hydroxylation is 1. The normalized spacial score (nSPS) is 20.6. The fourth-order valence-corrected chi connectivity index (χ4v) is 4.68. The highest BCUT2D eigenvalue weighted by molar-refractivity contribution is 5.88. The number of amides is 2. The highest BCUT2D eigenvalue weighted by atomic mass is 16.5. The summed E-state index contributed by atoms with van der Waals surface area (Å²) < 4.78 is 7.47. The molecule has 5 rings (SSSR count). The number of fused-ring (bicyclic) bond motifs is 2. The van der Waals surface area contributed by atoms with Crippen LogP contribution in [0.1, 0.15) is 55.5 Å². The van der Waals surface area contributed by atoms with Crippen molar-refractivity contribution >= 4 is 11.8 Å². The molecule has 1 atom stereocenters. The summed E-state index contributed by atoms with van der Waals surface area (Å²) in [5.41, 5.74) is 3.79. The highest BCUT2D eigenvalue weighted by Gasteiger charge is 2.50. The Labute approximate surface area is 165 Å². The Hall–Kier alpha value is -2.50. The lowest BCUT2D eigenvalue weighted by Gasteiger charge is -2.35. The molecule has 0 radical (unpaired) electrons. The van der Waals surface area contributed by atoms with Crippen LogP contribution < -0.4 is 10.1 Å². The minimum absolute atomic E-state index is 0.0588. The van der Waals surface area contributed by atoms with Gasteiger partial charge in [-0.15, -0.1) is 0 Å². The quantitative estimate of drug-likeness (QED) is 0.863. The molecule has 2 aliphatic carbocycles. The number of rotatable bonds is 4. The molecule has 2 amide bonds. The highest BCUT2D eigenvalue weighted by Crippen LogP contribution is 2.53. The van der Waals surface area contributed by atoms with Crippen LogP contribution in [0.5, 0.6) is 5.75 Å². The lowest BCUT2D eigenvalue weighted by Crippen LogP contribution is -2.43. The Bertz CT molecular complexity index is 927. The van der Waals surface area contributed by atoms with Gasteiger partial charge in [-0.2, -0.15) is 5.10 Å². The standard InChI is InChI=1S/C22H28N4O2/c1-14-10-20(24-26(14)15(2)16-4-5-16)23-21(27)25-12-17-6-7-18(28-3)11-19(17)22(13-25)8-9-22/h6-7,10-11,15-16H,4-5,8-9,12-13H2,1-3H3,(H,23,24,27). The maximum atomic E-state index is 13.0. The van der Waals surface area contributed by atoms with E-state index < -0.39 is 0 Å². The van der Waals surface area contributed by atoms with Crippen molar-refractivity contribution in [2.75, 3.05) is 19.0 Å². The molecule has 2 aromatic rings.